The summed E-state index contributed by atoms with van der Waals surface area (Å²) in [6.45, 7) is 0.988. The molecule has 146 valence electrons. The summed E-state index contributed by atoms with van der Waals surface area (Å²) in [5.74, 6) is -0.776. The number of halogens is 3. The van der Waals surface area contributed by atoms with E-state index in [1.54, 1.807) is 4.90 Å². The van der Waals surface area contributed by atoms with Gasteiger partial charge in [0.15, 0.2) is 0 Å². The predicted octanol–water partition coefficient (Wildman–Crippen LogP) is 4.01. The Morgan fingerprint density at radius 2 is 1.71 bits per heavy atom. The largest absolute Gasteiger partial charge is 0.416 e. The number of alkyl halides is 3. The summed E-state index contributed by atoms with van der Waals surface area (Å²) in [5.41, 5.74) is 0.304. The molecule has 7 heteroatoms. The first-order valence-electron chi connectivity index (χ1n) is 9.14. The second-order valence-electron chi connectivity index (χ2n) is 7.36. The number of carbonyl (C=O) groups is 2. The third-order valence-corrected chi connectivity index (χ3v) is 5.46. The number of benzene rings is 2. The van der Waals surface area contributed by atoms with Crippen LogP contribution in [-0.2, 0) is 28.7 Å². The molecule has 4 nitrogen and oxygen atoms in total. The fourth-order valence-corrected chi connectivity index (χ4v) is 3.66. The van der Waals surface area contributed by atoms with Gasteiger partial charge in [0, 0.05) is 18.8 Å². The minimum absolute atomic E-state index is 0.0443. The van der Waals surface area contributed by atoms with Gasteiger partial charge in [-0.05, 0) is 48.6 Å². The van der Waals surface area contributed by atoms with Crippen molar-refractivity contribution in [3.05, 3.63) is 65.2 Å². The van der Waals surface area contributed by atoms with Crippen LogP contribution in [0.4, 0.5) is 18.9 Å². The number of hydrogen-bond acceptors (Lipinski definition) is 2. The summed E-state index contributed by atoms with van der Waals surface area (Å²) in [4.78, 5) is 27.5. The van der Waals surface area contributed by atoms with Crippen molar-refractivity contribution < 1.29 is 22.8 Å². The van der Waals surface area contributed by atoms with Crippen molar-refractivity contribution in [3.8, 4) is 0 Å². The average Bonchev–Trinajstić information content (AvgIpc) is 3.49. The Morgan fingerprint density at radius 1 is 1.00 bits per heavy atom. The van der Waals surface area contributed by atoms with Gasteiger partial charge in [0.25, 0.3) is 0 Å². The van der Waals surface area contributed by atoms with Crippen LogP contribution in [-0.4, -0.2) is 23.3 Å². The summed E-state index contributed by atoms with van der Waals surface area (Å²) >= 11 is 0. The third-order valence-electron chi connectivity index (χ3n) is 5.46. The minimum Gasteiger partial charge on any atom is -0.337 e. The lowest BCUT2D eigenvalue weighted by Crippen LogP contribution is -2.45. The molecule has 1 fully saturated rings. The Morgan fingerprint density at radius 3 is 2.39 bits per heavy atom. The number of amides is 2. The maximum Gasteiger partial charge on any atom is 0.416 e. The fraction of sp³-hybridized carbons (Fsp3) is 0.333. The van der Waals surface area contributed by atoms with Crippen molar-refractivity contribution in [1.29, 1.82) is 0 Å². The number of nitrogens with one attached hydrogen (secondary N) is 1. The second-order valence-corrected chi connectivity index (χ2v) is 7.36. The maximum atomic E-state index is 13.0. The molecular formula is C21H19F3N2O2. The van der Waals surface area contributed by atoms with E-state index in [4.69, 9.17) is 0 Å². The molecule has 0 bridgehead atoms. The molecule has 2 aromatic rings. The van der Waals surface area contributed by atoms with E-state index in [2.05, 4.69) is 5.32 Å². The first kappa shape index (κ1) is 18.5. The van der Waals surface area contributed by atoms with Gasteiger partial charge < -0.3 is 10.2 Å². The van der Waals surface area contributed by atoms with Crippen LogP contribution in [0.1, 0.15) is 29.5 Å². The van der Waals surface area contributed by atoms with Gasteiger partial charge in [-0.25, -0.2) is 0 Å². The van der Waals surface area contributed by atoms with E-state index >= 15 is 0 Å². The van der Waals surface area contributed by atoms with Gasteiger partial charge in [0.1, 0.15) is 5.41 Å². The topological polar surface area (TPSA) is 49.4 Å². The van der Waals surface area contributed by atoms with Crippen LogP contribution in [0.5, 0.6) is 0 Å². The van der Waals surface area contributed by atoms with Crippen molar-refractivity contribution >= 4 is 17.5 Å². The lowest BCUT2D eigenvalue weighted by Gasteiger charge is -2.31. The number of carbonyl (C=O) groups excluding carboxylic acids is 2. The molecular weight excluding hydrogens is 369 g/mol. The molecule has 0 aromatic heterocycles. The summed E-state index contributed by atoms with van der Waals surface area (Å²) in [6, 6.07) is 12.3. The van der Waals surface area contributed by atoms with E-state index in [0.717, 1.165) is 24.1 Å². The zero-order valence-electron chi connectivity index (χ0n) is 15.1. The molecule has 2 aromatic carbocycles. The molecule has 4 rings (SSSR count). The number of hydrogen-bond donors (Lipinski definition) is 1. The minimum atomic E-state index is -4.49. The predicted molar refractivity (Wildman–Crippen MR) is 97.3 cm³/mol. The summed E-state index contributed by atoms with van der Waals surface area (Å²) in [7, 11) is 0. The Hall–Kier alpha value is -2.83. The SMILES string of the molecule is O=C(Nc1cccc(C(F)(F)F)c1)C1(C(=O)N2CCc3ccccc3C2)CC1. The van der Waals surface area contributed by atoms with Crippen LogP contribution >= 0.6 is 0 Å². The molecule has 0 unspecified atom stereocenters. The van der Waals surface area contributed by atoms with E-state index < -0.39 is 23.1 Å². The number of nitrogens with zero attached hydrogens (tertiary/aromatic N) is 1. The number of anilines is 1. The Balaban J connectivity index is 1.48. The number of fused-ring (bicyclic) bond motifs is 1. The van der Waals surface area contributed by atoms with Crippen LogP contribution in [0.15, 0.2) is 48.5 Å². The second kappa shape index (κ2) is 6.65. The smallest absolute Gasteiger partial charge is 0.337 e. The van der Waals surface area contributed by atoms with E-state index in [-0.39, 0.29) is 11.6 Å². The van der Waals surface area contributed by atoms with Crippen molar-refractivity contribution in [1.82, 2.24) is 4.90 Å². The van der Waals surface area contributed by atoms with Crippen LogP contribution in [0, 0.1) is 5.41 Å². The summed E-state index contributed by atoms with van der Waals surface area (Å²) in [6.07, 6.45) is -2.94. The molecule has 28 heavy (non-hydrogen) atoms. The lowest BCUT2D eigenvalue weighted by molar-refractivity contribution is -0.143. The highest BCUT2D eigenvalue weighted by Crippen LogP contribution is 2.49. The molecule has 0 radical (unpaired) electrons. The van der Waals surface area contributed by atoms with Crippen LogP contribution in [0.25, 0.3) is 0 Å². The molecule has 1 saturated carbocycles. The Kier molecular flexibility index (Phi) is 4.40. The molecule has 1 aliphatic heterocycles. The van der Waals surface area contributed by atoms with Gasteiger partial charge in [0.2, 0.25) is 11.8 Å². The summed E-state index contributed by atoms with van der Waals surface area (Å²) < 4.78 is 38.6. The first-order valence-corrected chi connectivity index (χ1v) is 9.14. The Labute approximate surface area is 160 Å². The van der Waals surface area contributed by atoms with Crippen LogP contribution < -0.4 is 5.32 Å². The maximum absolute atomic E-state index is 13.0. The zero-order chi connectivity index (χ0) is 19.9. The van der Waals surface area contributed by atoms with Crippen molar-refractivity contribution in [2.24, 2.45) is 5.41 Å². The molecule has 0 atom stereocenters. The highest BCUT2D eigenvalue weighted by molar-refractivity contribution is 6.13. The Bertz CT molecular complexity index is 935. The normalized spacial score (nSPS) is 17.6. The average molecular weight is 388 g/mol. The molecule has 1 aliphatic carbocycles. The van der Waals surface area contributed by atoms with Crippen molar-refractivity contribution in [2.45, 2.75) is 32.0 Å². The zero-order valence-corrected chi connectivity index (χ0v) is 15.1. The van der Waals surface area contributed by atoms with Gasteiger partial charge >= 0.3 is 6.18 Å². The van der Waals surface area contributed by atoms with Gasteiger partial charge in [-0.1, -0.05) is 30.3 Å². The molecule has 2 amide bonds. The third kappa shape index (κ3) is 3.37. The van der Waals surface area contributed by atoms with E-state index in [1.807, 2.05) is 24.3 Å². The molecule has 1 heterocycles. The van der Waals surface area contributed by atoms with Crippen LogP contribution in [0.3, 0.4) is 0 Å². The molecule has 0 saturated heterocycles. The van der Waals surface area contributed by atoms with Crippen molar-refractivity contribution in [2.75, 3.05) is 11.9 Å². The standard InChI is InChI=1S/C21H19F3N2O2/c22-21(23,24)16-6-3-7-17(12-16)25-18(27)20(9-10-20)19(28)26-11-8-14-4-1-2-5-15(14)13-26/h1-7,12H,8-11,13H2,(H,25,27). The molecule has 1 N–H and O–H groups in total. The van der Waals surface area contributed by atoms with Gasteiger partial charge in [-0.2, -0.15) is 13.2 Å². The van der Waals surface area contributed by atoms with Crippen LogP contribution in [0.2, 0.25) is 0 Å². The highest BCUT2D eigenvalue weighted by Gasteiger charge is 2.58. The van der Waals surface area contributed by atoms with Gasteiger partial charge in [-0.15, -0.1) is 0 Å². The van der Waals surface area contributed by atoms with Gasteiger partial charge in [-0.3, -0.25) is 9.59 Å². The number of rotatable bonds is 3. The fourth-order valence-electron chi connectivity index (χ4n) is 3.66. The van der Waals surface area contributed by atoms with E-state index in [1.165, 1.54) is 17.7 Å². The first-order chi connectivity index (χ1) is 13.3. The molecule has 2 aliphatic rings. The van der Waals surface area contributed by atoms with E-state index in [0.29, 0.717) is 25.9 Å². The van der Waals surface area contributed by atoms with Gasteiger partial charge in [0.05, 0.1) is 5.56 Å². The molecule has 0 spiro atoms. The summed E-state index contributed by atoms with van der Waals surface area (Å²) in [5, 5.41) is 2.51. The highest BCUT2D eigenvalue weighted by atomic mass is 19.4. The monoisotopic (exact) mass is 388 g/mol. The lowest BCUT2D eigenvalue weighted by atomic mass is 9.97. The van der Waals surface area contributed by atoms with E-state index in [9.17, 15) is 22.8 Å². The quantitative estimate of drug-likeness (QED) is 0.808. The van der Waals surface area contributed by atoms with Crippen molar-refractivity contribution in [3.63, 3.8) is 0 Å².